The van der Waals surface area contributed by atoms with Crippen LogP contribution >= 0.6 is 0 Å². The summed E-state index contributed by atoms with van der Waals surface area (Å²) in [5, 5.41) is 2.99. The molecule has 0 aliphatic heterocycles. The Balaban J connectivity index is 2.10. The van der Waals surface area contributed by atoms with Gasteiger partial charge in [-0.25, -0.2) is 4.79 Å². The number of carbonyl (C=O) groups excluding carboxylic acids is 2. The first kappa shape index (κ1) is 18.5. The minimum Gasteiger partial charge on any atom is -0.465 e. The van der Waals surface area contributed by atoms with Crippen LogP contribution < -0.4 is 5.32 Å². The molecular weight excluding hydrogens is 314 g/mol. The molecule has 0 spiro atoms. The van der Waals surface area contributed by atoms with Crippen molar-refractivity contribution in [3.05, 3.63) is 70.8 Å². The van der Waals surface area contributed by atoms with Crippen molar-refractivity contribution in [2.75, 3.05) is 12.4 Å². The van der Waals surface area contributed by atoms with Crippen LogP contribution in [0.2, 0.25) is 0 Å². The minimum absolute atomic E-state index is 0.173. The van der Waals surface area contributed by atoms with Gasteiger partial charge in [-0.1, -0.05) is 44.2 Å². The third-order valence-corrected chi connectivity index (χ3v) is 4.01. The zero-order valence-electron chi connectivity index (χ0n) is 14.8. The number of ether oxygens (including phenoxy) is 1. The van der Waals surface area contributed by atoms with Crippen molar-refractivity contribution in [3.8, 4) is 0 Å². The summed E-state index contributed by atoms with van der Waals surface area (Å²) in [4.78, 5) is 23.7. The lowest BCUT2D eigenvalue weighted by atomic mass is 10.0. The zero-order chi connectivity index (χ0) is 18.2. The van der Waals surface area contributed by atoms with E-state index < -0.39 is 0 Å². The molecule has 0 saturated carbocycles. The minimum atomic E-state index is -0.378. The second kappa shape index (κ2) is 8.83. The van der Waals surface area contributed by atoms with E-state index in [1.807, 2.05) is 18.2 Å². The largest absolute Gasteiger partial charge is 0.465 e. The fourth-order valence-corrected chi connectivity index (χ4v) is 2.59. The van der Waals surface area contributed by atoms with E-state index in [4.69, 9.17) is 0 Å². The third-order valence-electron chi connectivity index (χ3n) is 4.01. The van der Waals surface area contributed by atoms with Crippen molar-refractivity contribution in [2.45, 2.75) is 26.7 Å². The molecule has 2 rings (SSSR count). The normalized spacial score (nSPS) is 10.7. The lowest BCUT2D eigenvalue weighted by Gasteiger charge is -2.13. The summed E-state index contributed by atoms with van der Waals surface area (Å²) >= 11 is 0. The molecule has 0 heterocycles. The number of rotatable bonds is 6. The molecule has 130 valence electrons. The first-order chi connectivity index (χ1) is 12.1. The number of amides is 1. The lowest BCUT2D eigenvalue weighted by Crippen LogP contribution is -2.11. The van der Waals surface area contributed by atoms with Crippen LogP contribution in [-0.4, -0.2) is 19.0 Å². The van der Waals surface area contributed by atoms with Gasteiger partial charge < -0.3 is 10.1 Å². The molecule has 4 heteroatoms. The van der Waals surface area contributed by atoms with Gasteiger partial charge in [-0.3, -0.25) is 4.79 Å². The summed E-state index contributed by atoms with van der Waals surface area (Å²) in [7, 11) is 1.35. The van der Waals surface area contributed by atoms with Gasteiger partial charge in [0.1, 0.15) is 0 Å². The van der Waals surface area contributed by atoms with E-state index in [9.17, 15) is 9.59 Å². The molecule has 0 radical (unpaired) electrons. The van der Waals surface area contributed by atoms with Crippen molar-refractivity contribution in [1.29, 1.82) is 0 Å². The molecule has 4 nitrogen and oxygen atoms in total. The van der Waals surface area contributed by atoms with Gasteiger partial charge in [0.2, 0.25) is 5.91 Å². The van der Waals surface area contributed by atoms with Gasteiger partial charge in [-0.15, -0.1) is 0 Å². The fraction of sp³-hybridized carbons (Fsp3) is 0.238. The van der Waals surface area contributed by atoms with Gasteiger partial charge in [0.25, 0.3) is 0 Å². The number of nitrogens with one attached hydrogen (secondary N) is 1. The molecule has 0 fully saturated rings. The molecule has 0 aliphatic carbocycles. The number of para-hydroxylation sites is 1. The van der Waals surface area contributed by atoms with Crippen molar-refractivity contribution in [1.82, 2.24) is 0 Å². The van der Waals surface area contributed by atoms with Crippen LogP contribution in [-0.2, 0) is 22.4 Å². The Kier molecular flexibility index (Phi) is 6.52. The monoisotopic (exact) mass is 337 g/mol. The van der Waals surface area contributed by atoms with Crippen LogP contribution in [0.4, 0.5) is 5.69 Å². The smallest absolute Gasteiger partial charge is 0.337 e. The van der Waals surface area contributed by atoms with E-state index in [2.05, 4.69) is 23.9 Å². The number of hydrogen-bond donors (Lipinski definition) is 1. The summed E-state index contributed by atoms with van der Waals surface area (Å²) < 4.78 is 4.66. The van der Waals surface area contributed by atoms with Gasteiger partial charge in [0, 0.05) is 11.8 Å². The second-order valence-corrected chi connectivity index (χ2v) is 5.59. The summed E-state index contributed by atoms with van der Waals surface area (Å²) in [5.41, 5.74) is 4.48. The summed E-state index contributed by atoms with van der Waals surface area (Å²) in [5.74, 6) is -0.552. The number of benzene rings is 2. The van der Waals surface area contributed by atoms with E-state index >= 15 is 0 Å². The Morgan fingerprint density at radius 3 is 2.12 bits per heavy atom. The van der Waals surface area contributed by atoms with Crippen LogP contribution in [0.5, 0.6) is 0 Å². The molecule has 0 bridgehead atoms. The molecule has 0 atom stereocenters. The first-order valence-electron chi connectivity index (χ1n) is 8.37. The lowest BCUT2D eigenvalue weighted by molar-refractivity contribution is -0.111. The summed E-state index contributed by atoms with van der Waals surface area (Å²) in [6, 6.07) is 13.0. The number of carbonyl (C=O) groups is 2. The van der Waals surface area contributed by atoms with Crippen molar-refractivity contribution >= 4 is 23.6 Å². The van der Waals surface area contributed by atoms with Crippen LogP contribution in [0.1, 0.15) is 40.9 Å². The van der Waals surface area contributed by atoms with Gasteiger partial charge in [-0.05, 0) is 47.7 Å². The third kappa shape index (κ3) is 4.80. The molecule has 0 saturated heterocycles. The maximum Gasteiger partial charge on any atom is 0.337 e. The van der Waals surface area contributed by atoms with Crippen LogP contribution in [0, 0.1) is 0 Å². The van der Waals surface area contributed by atoms with E-state index in [1.165, 1.54) is 13.2 Å². The van der Waals surface area contributed by atoms with E-state index in [-0.39, 0.29) is 11.9 Å². The van der Waals surface area contributed by atoms with Gasteiger partial charge in [0.15, 0.2) is 0 Å². The van der Waals surface area contributed by atoms with Crippen LogP contribution in [0.15, 0.2) is 48.5 Å². The molecule has 2 aromatic rings. The predicted molar refractivity (Wildman–Crippen MR) is 101 cm³/mol. The molecule has 0 unspecified atom stereocenters. The van der Waals surface area contributed by atoms with Crippen molar-refractivity contribution in [2.24, 2.45) is 0 Å². The summed E-state index contributed by atoms with van der Waals surface area (Å²) in [6.45, 7) is 4.15. The molecule has 2 aromatic carbocycles. The van der Waals surface area contributed by atoms with Crippen LogP contribution in [0.25, 0.3) is 6.08 Å². The number of aryl methyl sites for hydroxylation is 2. The first-order valence-corrected chi connectivity index (χ1v) is 8.37. The predicted octanol–water partition coefficient (Wildman–Crippen LogP) is 4.25. The highest BCUT2D eigenvalue weighted by Gasteiger charge is 2.08. The Morgan fingerprint density at radius 2 is 1.60 bits per heavy atom. The Bertz CT molecular complexity index is 754. The highest BCUT2D eigenvalue weighted by Crippen LogP contribution is 2.22. The van der Waals surface area contributed by atoms with E-state index in [0.717, 1.165) is 35.2 Å². The quantitative estimate of drug-likeness (QED) is 0.633. The Labute approximate surface area is 148 Å². The molecular formula is C21H23NO3. The molecule has 1 amide bonds. The number of anilines is 1. The zero-order valence-corrected chi connectivity index (χ0v) is 14.8. The standard InChI is InChI=1S/C21H23NO3/c1-4-16-7-6-8-17(5-2)20(16)22-19(23)14-11-15-9-12-18(13-10-15)21(24)25-3/h6-14H,4-5H2,1-3H3,(H,22,23)/b14-11+. The highest BCUT2D eigenvalue weighted by atomic mass is 16.5. The van der Waals surface area contributed by atoms with E-state index in [0.29, 0.717) is 5.56 Å². The van der Waals surface area contributed by atoms with E-state index in [1.54, 1.807) is 30.3 Å². The SMILES string of the molecule is CCc1cccc(CC)c1NC(=O)/C=C/c1ccc(C(=O)OC)cc1. The van der Waals surface area contributed by atoms with Gasteiger partial charge in [0.05, 0.1) is 12.7 Å². The van der Waals surface area contributed by atoms with Gasteiger partial charge in [-0.2, -0.15) is 0 Å². The Hall–Kier alpha value is -2.88. The molecule has 0 aliphatic rings. The fourth-order valence-electron chi connectivity index (χ4n) is 2.59. The topological polar surface area (TPSA) is 55.4 Å². The molecule has 0 aromatic heterocycles. The Morgan fingerprint density at radius 1 is 1.00 bits per heavy atom. The maximum absolute atomic E-state index is 12.3. The average Bonchev–Trinajstić information content (AvgIpc) is 2.66. The van der Waals surface area contributed by atoms with Gasteiger partial charge >= 0.3 is 5.97 Å². The molecule has 1 N–H and O–H groups in total. The molecule has 25 heavy (non-hydrogen) atoms. The number of methoxy groups -OCH3 is 1. The van der Waals surface area contributed by atoms with Crippen molar-refractivity contribution < 1.29 is 14.3 Å². The number of esters is 1. The summed E-state index contributed by atoms with van der Waals surface area (Å²) in [6.07, 6.45) is 4.94. The van der Waals surface area contributed by atoms with Crippen LogP contribution in [0.3, 0.4) is 0 Å². The maximum atomic E-state index is 12.3. The average molecular weight is 337 g/mol. The highest BCUT2D eigenvalue weighted by molar-refractivity contribution is 6.03. The number of hydrogen-bond acceptors (Lipinski definition) is 3. The second-order valence-electron chi connectivity index (χ2n) is 5.59. The van der Waals surface area contributed by atoms with Crippen molar-refractivity contribution in [3.63, 3.8) is 0 Å².